The highest BCUT2D eigenvalue weighted by atomic mass is 32.1. The monoisotopic (exact) mass is 241 g/mol. The molecule has 5 nitrogen and oxygen atoms in total. The van der Waals surface area contributed by atoms with Gasteiger partial charge in [-0.2, -0.15) is 0 Å². The second-order valence-electron chi connectivity index (χ2n) is 4.15. The van der Waals surface area contributed by atoms with Crippen molar-refractivity contribution < 1.29 is 9.90 Å². The van der Waals surface area contributed by atoms with Crippen LogP contribution in [0.4, 0.5) is 5.13 Å². The van der Waals surface area contributed by atoms with Gasteiger partial charge in [0.25, 0.3) is 0 Å². The maximum atomic E-state index is 11.5. The van der Waals surface area contributed by atoms with Crippen molar-refractivity contribution in [2.75, 3.05) is 12.3 Å². The normalized spacial score (nSPS) is 23.8. The lowest BCUT2D eigenvalue weighted by Gasteiger charge is -2.31. The molecule has 4 N–H and O–H groups in total. The minimum atomic E-state index is -0.166. The largest absolute Gasteiger partial charge is 0.393 e. The number of aliphatic hydroxyl groups excluding tert-OH is 1. The molecule has 1 aromatic heterocycles. The highest BCUT2D eigenvalue weighted by molar-refractivity contribution is 7.13. The Hall–Kier alpha value is -1.14. The molecule has 88 valence electrons. The second kappa shape index (κ2) is 4.80. The van der Waals surface area contributed by atoms with Gasteiger partial charge in [-0.05, 0) is 18.8 Å². The number of nitrogens with zero attached hydrogens (tertiary/aromatic N) is 1. The molecule has 0 bridgehead atoms. The number of hydrogen-bond donors (Lipinski definition) is 3. The SMILES string of the molecule is Nc1nc(CC(=O)NCC2CC(O)C2)cs1. The van der Waals surface area contributed by atoms with Crippen LogP contribution in [0.2, 0.25) is 0 Å². The fraction of sp³-hybridized carbons (Fsp3) is 0.600. The summed E-state index contributed by atoms with van der Waals surface area (Å²) >= 11 is 1.34. The number of carbonyl (C=O) groups is 1. The van der Waals surface area contributed by atoms with E-state index in [0.29, 0.717) is 23.3 Å². The molecular formula is C10H15N3O2S. The van der Waals surface area contributed by atoms with Gasteiger partial charge in [0.05, 0.1) is 18.2 Å². The Morgan fingerprint density at radius 2 is 2.44 bits per heavy atom. The molecule has 1 fully saturated rings. The number of anilines is 1. The highest BCUT2D eigenvalue weighted by Gasteiger charge is 2.27. The number of nitrogen functional groups attached to an aromatic ring is 1. The van der Waals surface area contributed by atoms with E-state index in [1.54, 1.807) is 5.38 Å². The number of nitrogens with two attached hydrogens (primary N) is 1. The molecule has 1 amide bonds. The van der Waals surface area contributed by atoms with Crippen LogP contribution >= 0.6 is 11.3 Å². The Bertz CT molecular complexity index is 374. The molecule has 0 radical (unpaired) electrons. The zero-order valence-corrected chi connectivity index (χ0v) is 9.67. The van der Waals surface area contributed by atoms with Gasteiger partial charge in [-0.25, -0.2) is 4.98 Å². The Labute approximate surface area is 97.7 Å². The van der Waals surface area contributed by atoms with Crippen molar-refractivity contribution in [3.05, 3.63) is 11.1 Å². The number of nitrogens with one attached hydrogen (secondary N) is 1. The Morgan fingerprint density at radius 1 is 1.69 bits per heavy atom. The zero-order valence-electron chi connectivity index (χ0n) is 8.85. The number of aromatic nitrogens is 1. The fourth-order valence-corrected chi connectivity index (χ4v) is 2.32. The van der Waals surface area contributed by atoms with E-state index in [0.717, 1.165) is 12.8 Å². The quantitative estimate of drug-likeness (QED) is 0.700. The molecular weight excluding hydrogens is 226 g/mol. The minimum absolute atomic E-state index is 0.0355. The molecule has 0 atom stereocenters. The molecule has 1 aromatic rings. The predicted molar refractivity (Wildman–Crippen MR) is 62.0 cm³/mol. The van der Waals surface area contributed by atoms with Gasteiger partial charge < -0.3 is 16.2 Å². The maximum Gasteiger partial charge on any atom is 0.226 e. The summed E-state index contributed by atoms with van der Waals surface area (Å²) in [5, 5.41) is 14.2. The summed E-state index contributed by atoms with van der Waals surface area (Å²) in [6, 6.07) is 0. The molecule has 6 heteroatoms. The molecule has 0 saturated heterocycles. The van der Waals surface area contributed by atoms with Crippen molar-refractivity contribution in [2.45, 2.75) is 25.4 Å². The Balaban J connectivity index is 1.68. The third kappa shape index (κ3) is 2.93. The van der Waals surface area contributed by atoms with Crippen LogP contribution in [0.25, 0.3) is 0 Å². The van der Waals surface area contributed by atoms with Gasteiger partial charge in [0.1, 0.15) is 0 Å². The molecule has 16 heavy (non-hydrogen) atoms. The van der Waals surface area contributed by atoms with Gasteiger partial charge in [-0.1, -0.05) is 0 Å². The molecule has 1 saturated carbocycles. The van der Waals surface area contributed by atoms with E-state index in [4.69, 9.17) is 10.8 Å². The van der Waals surface area contributed by atoms with E-state index in [9.17, 15) is 4.79 Å². The van der Waals surface area contributed by atoms with Crippen LogP contribution in [-0.2, 0) is 11.2 Å². The van der Waals surface area contributed by atoms with Gasteiger partial charge in [0.2, 0.25) is 5.91 Å². The van der Waals surface area contributed by atoms with E-state index in [1.807, 2.05) is 0 Å². The van der Waals surface area contributed by atoms with E-state index < -0.39 is 0 Å². The molecule has 0 spiro atoms. The van der Waals surface area contributed by atoms with Crippen molar-refractivity contribution in [1.82, 2.24) is 10.3 Å². The number of aliphatic hydroxyl groups is 1. The molecule has 0 unspecified atom stereocenters. The summed E-state index contributed by atoms with van der Waals surface area (Å²) in [4.78, 5) is 15.5. The summed E-state index contributed by atoms with van der Waals surface area (Å²) in [6.07, 6.45) is 1.71. The smallest absolute Gasteiger partial charge is 0.226 e. The lowest BCUT2D eigenvalue weighted by Crippen LogP contribution is -2.38. The van der Waals surface area contributed by atoms with Crippen LogP contribution in [0.3, 0.4) is 0 Å². The van der Waals surface area contributed by atoms with Gasteiger partial charge >= 0.3 is 0 Å². The first kappa shape index (κ1) is 11.3. The lowest BCUT2D eigenvalue weighted by atomic mass is 9.82. The average Bonchev–Trinajstić information content (AvgIpc) is 2.57. The number of amides is 1. The molecule has 0 aliphatic heterocycles. The van der Waals surface area contributed by atoms with Gasteiger partial charge in [0, 0.05) is 11.9 Å². The fourth-order valence-electron chi connectivity index (χ4n) is 1.76. The van der Waals surface area contributed by atoms with Crippen molar-refractivity contribution in [2.24, 2.45) is 5.92 Å². The van der Waals surface area contributed by atoms with E-state index in [1.165, 1.54) is 11.3 Å². The Morgan fingerprint density at radius 3 is 3.00 bits per heavy atom. The molecule has 1 aliphatic carbocycles. The third-order valence-electron chi connectivity index (χ3n) is 2.71. The van der Waals surface area contributed by atoms with Crippen LogP contribution in [0.15, 0.2) is 5.38 Å². The molecule has 1 aliphatic rings. The average molecular weight is 241 g/mol. The zero-order chi connectivity index (χ0) is 11.5. The van der Waals surface area contributed by atoms with Crippen molar-refractivity contribution in [3.63, 3.8) is 0 Å². The van der Waals surface area contributed by atoms with Crippen LogP contribution in [-0.4, -0.2) is 28.6 Å². The van der Waals surface area contributed by atoms with Crippen LogP contribution < -0.4 is 11.1 Å². The molecule has 1 heterocycles. The first-order chi connectivity index (χ1) is 7.63. The van der Waals surface area contributed by atoms with Crippen molar-refractivity contribution in [1.29, 1.82) is 0 Å². The molecule has 0 aromatic carbocycles. The summed E-state index contributed by atoms with van der Waals surface area (Å²) in [5.41, 5.74) is 6.19. The van der Waals surface area contributed by atoms with E-state index >= 15 is 0 Å². The first-order valence-electron chi connectivity index (χ1n) is 5.28. The van der Waals surface area contributed by atoms with Gasteiger partial charge in [0.15, 0.2) is 5.13 Å². The predicted octanol–water partition coefficient (Wildman–Crippen LogP) is 0.155. The standard InChI is InChI=1S/C10H15N3O2S/c11-10-13-7(5-16-10)3-9(15)12-4-6-1-8(14)2-6/h5-6,8,14H,1-4H2,(H2,11,13)(H,12,15). The summed E-state index contributed by atoms with van der Waals surface area (Å²) in [6.45, 7) is 0.648. The van der Waals surface area contributed by atoms with Crippen molar-refractivity contribution in [3.8, 4) is 0 Å². The Kier molecular flexibility index (Phi) is 3.40. The summed E-state index contributed by atoms with van der Waals surface area (Å²) in [7, 11) is 0. The molecule has 2 rings (SSSR count). The van der Waals surface area contributed by atoms with Crippen LogP contribution in [0.5, 0.6) is 0 Å². The number of hydrogen-bond acceptors (Lipinski definition) is 5. The maximum absolute atomic E-state index is 11.5. The van der Waals surface area contributed by atoms with Crippen LogP contribution in [0, 0.1) is 5.92 Å². The van der Waals surface area contributed by atoms with Gasteiger partial charge in [-0.3, -0.25) is 4.79 Å². The lowest BCUT2D eigenvalue weighted by molar-refractivity contribution is -0.121. The number of carbonyl (C=O) groups excluding carboxylic acids is 1. The number of thiazole rings is 1. The third-order valence-corrected chi connectivity index (χ3v) is 3.43. The van der Waals surface area contributed by atoms with Crippen LogP contribution in [0.1, 0.15) is 18.5 Å². The van der Waals surface area contributed by atoms with Gasteiger partial charge in [-0.15, -0.1) is 11.3 Å². The van der Waals surface area contributed by atoms with E-state index in [2.05, 4.69) is 10.3 Å². The highest BCUT2D eigenvalue weighted by Crippen LogP contribution is 2.26. The summed E-state index contributed by atoms with van der Waals surface area (Å²) in [5.74, 6) is 0.395. The van der Waals surface area contributed by atoms with Crippen molar-refractivity contribution >= 4 is 22.4 Å². The first-order valence-corrected chi connectivity index (χ1v) is 6.16. The second-order valence-corrected chi connectivity index (χ2v) is 5.04. The summed E-state index contributed by atoms with van der Waals surface area (Å²) < 4.78 is 0. The van der Waals surface area contributed by atoms with E-state index in [-0.39, 0.29) is 18.4 Å². The minimum Gasteiger partial charge on any atom is -0.393 e. The number of rotatable bonds is 4. The topological polar surface area (TPSA) is 88.2 Å².